The van der Waals surface area contributed by atoms with Crippen molar-refractivity contribution in [2.75, 3.05) is 5.32 Å². The molecule has 2 rings (SSSR count). The molecular formula is C14H10BrFN2O3. The zero-order valence-electron chi connectivity index (χ0n) is 10.9. The molecule has 0 fully saturated rings. The number of halogens is 2. The van der Waals surface area contributed by atoms with Gasteiger partial charge in [0.05, 0.1) is 10.5 Å². The molecule has 0 aliphatic heterocycles. The summed E-state index contributed by atoms with van der Waals surface area (Å²) in [5.41, 5.74) is 0.743. The highest BCUT2D eigenvalue weighted by atomic mass is 79.9. The van der Waals surface area contributed by atoms with Crippen LogP contribution in [0.5, 0.6) is 0 Å². The Morgan fingerprint density at radius 1 is 1.33 bits per heavy atom. The van der Waals surface area contributed by atoms with Crippen molar-refractivity contribution in [1.82, 2.24) is 0 Å². The first-order chi connectivity index (χ1) is 9.90. The average molecular weight is 353 g/mol. The molecule has 5 nitrogen and oxygen atoms in total. The van der Waals surface area contributed by atoms with Crippen LogP contribution >= 0.6 is 15.9 Å². The minimum atomic E-state index is -0.580. The van der Waals surface area contributed by atoms with Crippen LogP contribution in [0.4, 0.5) is 15.8 Å². The van der Waals surface area contributed by atoms with Crippen LogP contribution in [-0.4, -0.2) is 10.8 Å². The van der Waals surface area contributed by atoms with Crippen LogP contribution in [0.2, 0.25) is 0 Å². The van der Waals surface area contributed by atoms with Gasteiger partial charge < -0.3 is 5.32 Å². The lowest BCUT2D eigenvalue weighted by Gasteiger charge is -2.08. The summed E-state index contributed by atoms with van der Waals surface area (Å²) in [5.74, 6) is -0.888. The minimum absolute atomic E-state index is 0.103. The van der Waals surface area contributed by atoms with E-state index in [0.717, 1.165) is 0 Å². The predicted octanol–water partition coefficient (Wildman–Crippen LogP) is 4.06. The highest BCUT2D eigenvalue weighted by Crippen LogP contribution is 2.28. The molecule has 0 saturated carbocycles. The molecule has 1 amide bonds. The van der Waals surface area contributed by atoms with Crippen molar-refractivity contribution >= 4 is 33.2 Å². The van der Waals surface area contributed by atoms with E-state index in [2.05, 4.69) is 21.2 Å². The van der Waals surface area contributed by atoms with E-state index in [1.165, 1.54) is 36.4 Å². The van der Waals surface area contributed by atoms with Crippen molar-refractivity contribution in [2.24, 2.45) is 0 Å². The van der Waals surface area contributed by atoms with Crippen molar-refractivity contribution in [2.45, 2.75) is 6.92 Å². The molecule has 0 spiro atoms. The molecule has 0 unspecified atom stereocenters. The summed E-state index contributed by atoms with van der Waals surface area (Å²) < 4.78 is 13.3. The number of hydrogen-bond donors (Lipinski definition) is 1. The van der Waals surface area contributed by atoms with Crippen molar-refractivity contribution in [3.05, 3.63) is 67.9 Å². The summed E-state index contributed by atoms with van der Waals surface area (Å²) in [4.78, 5) is 22.4. The first-order valence-electron chi connectivity index (χ1n) is 5.90. The molecule has 0 bridgehead atoms. The Balaban J connectivity index is 2.30. The predicted molar refractivity (Wildman–Crippen MR) is 79.9 cm³/mol. The quantitative estimate of drug-likeness (QED) is 0.668. The minimum Gasteiger partial charge on any atom is -0.322 e. The van der Waals surface area contributed by atoms with Crippen LogP contribution < -0.4 is 5.32 Å². The number of anilines is 1. The lowest BCUT2D eigenvalue weighted by Crippen LogP contribution is -2.13. The van der Waals surface area contributed by atoms with Crippen molar-refractivity contribution in [3.8, 4) is 0 Å². The van der Waals surface area contributed by atoms with Gasteiger partial charge in [-0.25, -0.2) is 4.39 Å². The topological polar surface area (TPSA) is 72.2 Å². The van der Waals surface area contributed by atoms with Gasteiger partial charge in [-0.15, -0.1) is 0 Å². The van der Waals surface area contributed by atoms with Crippen LogP contribution in [0, 0.1) is 22.9 Å². The fourth-order valence-corrected chi connectivity index (χ4v) is 2.35. The lowest BCUT2D eigenvalue weighted by atomic mass is 10.1. The Bertz CT molecular complexity index is 734. The first kappa shape index (κ1) is 15.1. The summed E-state index contributed by atoms with van der Waals surface area (Å²) in [6.07, 6.45) is 0. The highest BCUT2D eigenvalue weighted by molar-refractivity contribution is 9.10. The van der Waals surface area contributed by atoms with Gasteiger partial charge in [0, 0.05) is 11.8 Å². The van der Waals surface area contributed by atoms with E-state index in [4.69, 9.17) is 0 Å². The van der Waals surface area contributed by atoms with Gasteiger partial charge >= 0.3 is 0 Å². The third-order valence-corrected chi connectivity index (χ3v) is 3.67. The van der Waals surface area contributed by atoms with Crippen molar-refractivity contribution in [1.29, 1.82) is 0 Å². The number of nitrogens with zero attached hydrogens (tertiary/aromatic N) is 1. The Labute approximate surface area is 128 Å². The molecule has 7 heteroatoms. The van der Waals surface area contributed by atoms with Crippen LogP contribution in [-0.2, 0) is 0 Å². The van der Waals surface area contributed by atoms with Crippen LogP contribution in [0.1, 0.15) is 15.9 Å². The number of hydrogen-bond acceptors (Lipinski definition) is 3. The Morgan fingerprint density at radius 2 is 2.05 bits per heavy atom. The molecule has 0 aliphatic carbocycles. The molecule has 0 saturated heterocycles. The average Bonchev–Trinajstić information content (AvgIpc) is 2.42. The fraction of sp³-hybridized carbons (Fsp3) is 0.0714. The highest BCUT2D eigenvalue weighted by Gasteiger charge is 2.19. The van der Waals surface area contributed by atoms with Gasteiger partial charge in [-0.05, 0) is 52.7 Å². The number of carbonyl (C=O) groups excluding carboxylic acids is 1. The zero-order chi connectivity index (χ0) is 15.6. The molecule has 21 heavy (non-hydrogen) atoms. The lowest BCUT2D eigenvalue weighted by molar-refractivity contribution is -0.385. The largest absolute Gasteiger partial charge is 0.322 e. The fourth-order valence-electron chi connectivity index (χ4n) is 1.76. The van der Waals surface area contributed by atoms with E-state index in [-0.39, 0.29) is 21.5 Å². The van der Waals surface area contributed by atoms with Crippen LogP contribution in [0.25, 0.3) is 0 Å². The first-order valence-corrected chi connectivity index (χ1v) is 6.70. The maximum absolute atomic E-state index is 13.2. The van der Waals surface area contributed by atoms with Crippen molar-refractivity contribution in [3.63, 3.8) is 0 Å². The number of benzene rings is 2. The molecule has 0 atom stereocenters. The maximum atomic E-state index is 13.2. The molecule has 2 aromatic rings. The van der Waals surface area contributed by atoms with Gasteiger partial charge in [-0.1, -0.05) is 6.07 Å². The Morgan fingerprint density at radius 3 is 2.67 bits per heavy atom. The van der Waals surface area contributed by atoms with Crippen LogP contribution in [0.3, 0.4) is 0 Å². The number of nitro benzene ring substituents is 1. The molecule has 0 aliphatic rings. The molecule has 0 heterocycles. The Hall–Kier alpha value is -2.28. The van der Waals surface area contributed by atoms with Crippen LogP contribution in [0.15, 0.2) is 40.9 Å². The second-order valence-electron chi connectivity index (χ2n) is 4.31. The van der Waals surface area contributed by atoms with E-state index in [0.29, 0.717) is 11.3 Å². The normalized spacial score (nSPS) is 10.2. The number of aryl methyl sites for hydroxylation is 1. The van der Waals surface area contributed by atoms with Gasteiger partial charge in [0.25, 0.3) is 11.6 Å². The van der Waals surface area contributed by atoms with Gasteiger partial charge in [0.15, 0.2) is 0 Å². The molecular weight excluding hydrogens is 343 g/mol. The summed E-state index contributed by atoms with van der Waals surface area (Å²) in [7, 11) is 0. The standard InChI is InChI=1S/C14H10BrFN2O3/c1-8-7-9(5-6-11(8)16)17-14(19)10-3-2-4-12(13(10)15)18(20)21/h2-7H,1H3,(H,17,19). The number of nitrogens with one attached hydrogen (secondary N) is 1. The van der Waals surface area contributed by atoms with Gasteiger partial charge in [0.1, 0.15) is 10.3 Å². The summed E-state index contributed by atoms with van der Waals surface area (Å²) in [6, 6.07) is 8.33. The van der Waals surface area contributed by atoms with E-state index < -0.39 is 10.8 Å². The zero-order valence-corrected chi connectivity index (χ0v) is 12.5. The van der Waals surface area contributed by atoms with Gasteiger partial charge in [-0.2, -0.15) is 0 Å². The van der Waals surface area contributed by atoms with Gasteiger partial charge in [-0.3, -0.25) is 14.9 Å². The number of amides is 1. The molecule has 0 radical (unpaired) electrons. The van der Waals surface area contributed by atoms with E-state index in [9.17, 15) is 19.3 Å². The van der Waals surface area contributed by atoms with E-state index in [1.54, 1.807) is 6.92 Å². The van der Waals surface area contributed by atoms with E-state index in [1.807, 2.05) is 0 Å². The number of rotatable bonds is 3. The molecule has 108 valence electrons. The number of carbonyl (C=O) groups is 1. The molecule has 1 N–H and O–H groups in total. The molecule has 2 aromatic carbocycles. The summed E-state index contributed by atoms with van der Waals surface area (Å²) in [6.45, 7) is 1.58. The number of nitro groups is 1. The monoisotopic (exact) mass is 352 g/mol. The summed E-state index contributed by atoms with van der Waals surface area (Å²) in [5, 5.41) is 13.4. The third kappa shape index (κ3) is 3.25. The maximum Gasteiger partial charge on any atom is 0.284 e. The second kappa shape index (κ2) is 6.01. The Kier molecular flexibility index (Phi) is 4.32. The SMILES string of the molecule is Cc1cc(NC(=O)c2cccc([N+](=O)[O-])c2Br)ccc1F. The molecule has 0 aromatic heterocycles. The third-order valence-electron chi connectivity index (χ3n) is 2.84. The summed E-state index contributed by atoms with van der Waals surface area (Å²) >= 11 is 3.06. The van der Waals surface area contributed by atoms with E-state index >= 15 is 0 Å². The second-order valence-corrected chi connectivity index (χ2v) is 5.11. The van der Waals surface area contributed by atoms with Gasteiger partial charge in [0.2, 0.25) is 0 Å². The van der Waals surface area contributed by atoms with Crippen molar-refractivity contribution < 1.29 is 14.1 Å². The smallest absolute Gasteiger partial charge is 0.284 e.